The third-order valence-corrected chi connectivity index (χ3v) is 4.62. The van der Waals surface area contributed by atoms with E-state index in [1.54, 1.807) is 33.0 Å². The zero-order valence-corrected chi connectivity index (χ0v) is 12.4. The molecule has 0 saturated heterocycles. The minimum Gasteiger partial charge on any atom is -0.465 e. The van der Waals surface area contributed by atoms with Crippen LogP contribution in [-0.4, -0.2) is 13.4 Å². The molecule has 0 bridgehead atoms. The summed E-state index contributed by atoms with van der Waals surface area (Å²) in [7, 11) is -3.74. The average Bonchev–Trinajstić information content (AvgIpc) is 2.67. The predicted molar refractivity (Wildman–Crippen MR) is 75.9 cm³/mol. The van der Waals surface area contributed by atoms with Gasteiger partial charge in [0, 0.05) is 24.5 Å². The van der Waals surface area contributed by atoms with Crippen LogP contribution in [0.2, 0.25) is 0 Å². The lowest BCUT2D eigenvalue weighted by atomic mass is 10.2. The monoisotopic (exact) mass is 295 g/mol. The van der Waals surface area contributed by atoms with E-state index in [2.05, 4.69) is 9.71 Å². The number of anilines is 1. The van der Waals surface area contributed by atoms with Crippen molar-refractivity contribution in [2.75, 3.05) is 4.72 Å². The zero-order valence-electron chi connectivity index (χ0n) is 11.6. The Morgan fingerprint density at radius 3 is 2.60 bits per heavy atom. The number of rotatable bonds is 4. The number of nitrogens with zero attached hydrogens (tertiary/aromatic N) is 1. The van der Waals surface area contributed by atoms with Crippen molar-refractivity contribution in [3.8, 4) is 0 Å². The molecule has 108 valence electrons. The molecule has 0 aliphatic carbocycles. The highest BCUT2D eigenvalue weighted by molar-refractivity contribution is 7.92. The maximum absolute atomic E-state index is 12.5. The van der Waals surface area contributed by atoms with E-state index in [-0.39, 0.29) is 11.4 Å². The van der Waals surface area contributed by atoms with Gasteiger partial charge in [-0.1, -0.05) is 0 Å². The van der Waals surface area contributed by atoms with Crippen LogP contribution in [0.15, 0.2) is 27.8 Å². The Labute approximate surface area is 118 Å². The molecule has 0 radical (unpaired) electrons. The van der Waals surface area contributed by atoms with Crippen molar-refractivity contribution in [3.63, 3.8) is 0 Å². The highest BCUT2D eigenvalue weighted by Gasteiger charge is 2.26. The fourth-order valence-electron chi connectivity index (χ4n) is 2.08. The zero-order chi connectivity index (χ0) is 14.9. The first kappa shape index (κ1) is 14.5. The van der Waals surface area contributed by atoms with Crippen LogP contribution in [0, 0.1) is 20.8 Å². The van der Waals surface area contributed by atoms with Crippen LogP contribution < -0.4 is 10.5 Å². The molecule has 7 heteroatoms. The lowest BCUT2D eigenvalue weighted by Crippen LogP contribution is -2.17. The van der Waals surface area contributed by atoms with Gasteiger partial charge in [0.1, 0.15) is 16.4 Å². The number of hydrogen-bond donors (Lipinski definition) is 2. The van der Waals surface area contributed by atoms with E-state index >= 15 is 0 Å². The van der Waals surface area contributed by atoms with Crippen LogP contribution >= 0.6 is 0 Å². The Morgan fingerprint density at radius 2 is 2.00 bits per heavy atom. The third kappa shape index (κ3) is 2.54. The van der Waals surface area contributed by atoms with Crippen molar-refractivity contribution < 1.29 is 12.8 Å². The summed E-state index contributed by atoms with van der Waals surface area (Å²) in [5.74, 6) is 0.860. The van der Waals surface area contributed by atoms with Crippen LogP contribution in [0.5, 0.6) is 0 Å². The minimum absolute atomic E-state index is 0.106. The maximum atomic E-state index is 12.5. The topological polar surface area (TPSA) is 98.2 Å². The molecule has 0 spiro atoms. The van der Waals surface area contributed by atoms with Gasteiger partial charge in [0.2, 0.25) is 0 Å². The van der Waals surface area contributed by atoms with Gasteiger partial charge in [-0.3, -0.25) is 9.71 Å². The van der Waals surface area contributed by atoms with Gasteiger partial charge in [0.15, 0.2) is 0 Å². The van der Waals surface area contributed by atoms with Crippen LogP contribution in [0.25, 0.3) is 0 Å². The molecule has 2 aromatic heterocycles. The van der Waals surface area contributed by atoms with Gasteiger partial charge < -0.3 is 10.2 Å². The molecule has 2 rings (SSSR count). The smallest absolute Gasteiger partial charge is 0.265 e. The molecule has 0 aliphatic heterocycles. The van der Waals surface area contributed by atoms with Crippen molar-refractivity contribution in [1.82, 2.24) is 4.98 Å². The van der Waals surface area contributed by atoms with Crippen LogP contribution in [0.4, 0.5) is 5.69 Å². The van der Waals surface area contributed by atoms with E-state index in [1.165, 1.54) is 6.20 Å². The first-order chi connectivity index (χ1) is 9.36. The van der Waals surface area contributed by atoms with E-state index in [0.29, 0.717) is 22.8 Å². The summed E-state index contributed by atoms with van der Waals surface area (Å²) in [6.07, 6.45) is 3.12. The number of aryl methyl sites for hydroxylation is 3. The second-order valence-electron chi connectivity index (χ2n) is 4.52. The van der Waals surface area contributed by atoms with E-state index in [0.717, 1.165) is 5.56 Å². The van der Waals surface area contributed by atoms with Gasteiger partial charge >= 0.3 is 0 Å². The standard InChI is InChI=1S/C13H17N3O3S/c1-8-7-15-5-4-12(8)16-20(17,18)13-10(3)19-9(2)11(13)6-14/h4-5,7H,6,14H2,1-3H3,(H,15,16). The Hall–Kier alpha value is -1.86. The summed E-state index contributed by atoms with van der Waals surface area (Å²) in [4.78, 5) is 4.05. The molecule has 0 amide bonds. The third-order valence-electron chi connectivity index (χ3n) is 3.06. The Kier molecular flexibility index (Phi) is 3.82. The lowest BCUT2D eigenvalue weighted by Gasteiger charge is -2.10. The molecule has 0 aliphatic rings. The molecule has 0 fully saturated rings. The molecule has 2 aromatic rings. The molecule has 0 aromatic carbocycles. The highest BCUT2D eigenvalue weighted by Crippen LogP contribution is 2.28. The molecular formula is C13H17N3O3S. The molecule has 2 heterocycles. The fraction of sp³-hybridized carbons (Fsp3) is 0.308. The van der Waals surface area contributed by atoms with Gasteiger partial charge in [-0.15, -0.1) is 0 Å². The minimum atomic E-state index is -3.74. The summed E-state index contributed by atoms with van der Waals surface area (Å²) in [6, 6.07) is 1.61. The maximum Gasteiger partial charge on any atom is 0.265 e. The molecular weight excluding hydrogens is 278 g/mol. The molecule has 6 nitrogen and oxygen atoms in total. The Balaban J connectivity index is 2.49. The Bertz CT molecular complexity index is 735. The van der Waals surface area contributed by atoms with Gasteiger partial charge in [-0.2, -0.15) is 0 Å². The van der Waals surface area contributed by atoms with Crippen molar-refractivity contribution in [2.24, 2.45) is 5.73 Å². The van der Waals surface area contributed by atoms with Crippen LogP contribution in [0.1, 0.15) is 22.6 Å². The average molecular weight is 295 g/mol. The number of nitrogens with two attached hydrogens (primary N) is 1. The van der Waals surface area contributed by atoms with Gasteiger partial charge in [0.25, 0.3) is 10.0 Å². The van der Waals surface area contributed by atoms with Gasteiger partial charge in [0.05, 0.1) is 5.69 Å². The molecule has 0 atom stereocenters. The lowest BCUT2D eigenvalue weighted by molar-refractivity contribution is 0.494. The largest absolute Gasteiger partial charge is 0.465 e. The number of hydrogen-bond acceptors (Lipinski definition) is 5. The number of aromatic nitrogens is 1. The van der Waals surface area contributed by atoms with Gasteiger partial charge in [-0.05, 0) is 32.4 Å². The second kappa shape index (κ2) is 5.26. The van der Waals surface area contributed by atoms with E-state index < -0.39 is 10.0 Å². The van der Waals surface area contributed by atoms with E-state index in [1.807, 2.05) is 0 Å². The molecule has 3 N–H and O–H groups in total. The summed E-state index contributed by atoms with van der Waals surface area (Å²) in [5, 5.41) is 0. The summed E-state index contributed by atoms with van der Waals surface area (Å²) in [5.41, 5.74) is 7.35. The van der Waals surface area contributed by atoms with Crippen molar-refractivity contribution in [1.29, 1.82) is 0 Å². The van der Waals surface area contributed by atoms with Crippen LogP contribution in [-0.2, 0) is 16.6 Å². The second-order valence-corrected chi connectivity index (χ2v) is 6.14. The van der Waals surface area contributed by atoms with Crippen LogP contribution in [0.3, 0.4) is 0 Å². The van der Waals surface area contributed by atoms with Crippen molar-refractivity contribution >= 4 is 15.7 Å². The summed E-state index contributed by atoms with van der Waals surface area (Å²) >= 11 is 0. The first-order valence-corrected chi connectivity index (χ1v) is 7.57. The predicted octanol–water partition coefficient (Wildman–Crippen LogP) is 1.86. The highest BCUT2D eigenvalue weighted by atomic mass is 32.2. The molecule has 20 heavy (non-hydrogen) atoms. The van der Waals surface area contributed by atoms with E-state index in [9.17, 15) is 8.42 Å². The van der Waals surface area contributed by atoms with Gasteiger partial charge in [-0.25, -0.2) is 8.42 Å². The fourth-order valence-corrected chi connectivity index (χ4v) is 3.67. The normalized spacial score (nSPS) is 11.6. The molecule has 0 unspecified atom stereocenters. The van der Waals surface area contributed by atoms with Crippen molar-refractivity contribution in [2.45, 2.75) is 32.2 Å². The summed E-state index contributed by atoms with van der Waals surface area (Å²) in [6.45, 7) is 5.20. The number of furan rings is 1. The quantitative estimate of drug-likeness (QED) is 0.897. The first-order valence-electron chi connectivity index (χ1n) is 6.09. The SMILES string of the molecule is Cc1cnccc1NS(=O)(=O)c1c(C)oc(C)c1CN. The molecule has 0 saturated carbocycles. The van der Waals surface area contributed by atoms with E-state index in [4.69, 9.17) is 10.2 Å². The Morgan fingerprint density at radius 1 is 1.30 bits per heavy atom. The number of pyridine rings is 1. The summed E-state index contributed by atoms with van der Waals surface area (Å²) < 4.78 is 33.0. The van der Waals surface area contributed by atoms with Crippen molar-refractivity contribution in [3.05, 3.63) is 41.1 Å². The number of nitrogens with one attached hydrogen (secondary N) is 1. The number of sulfonamides is 1.